The van der Waals surface area contributed by atoms with E-state index in [4.69, 9.17) is 8.94 Å². The molecule has 162 valence electrons. The van der Waals surface area contributed by atoms with Crippen molar-refractivity contribution in [1.29, 1.82) is 0 Å². The number of hydrogen-bond donors (Lipinski definition) is 0. The Morgan fingerprint density at radius 3 is 2.68 bits per heavy atom. The van der Waals surface area contributed by atoms with E-state index in [-0.39, 0.29) is 11.9 Å². The third kappa shape index (κ3) is 3.76. The zero-order valence-corrected chi connectivity index (χ0v) is 18.0. The molecular formula is C23H27N5O3. The molecular weight excluding hydrogens is 394 g/mol. The molecule has 1 amide bonds. The summed E-state index contributed by atoms with van der Waals surface area (Å²) in [7, 11) is 0. The first-order chi connectivity index (χ1) is 15.1. The second-order valence-corrected chi connectivity index (χ2v) is 8.43. The number of amides is 1. The number of carbonyl (C=O) groups is 1. The van der Waals surface area contributed by atoms with Gasteiger partial charge in [-0.2, -0.15) is 0 Å². The average molecular weight is 422 g/mol. The summed E-state index contributed by atoms with van der Waals surface area (Å²) in [5, 5.41) is 12.8. The van der Waals surface area contributed by atoms with Crippen molar-refractivity contribution >= 4 is 5.91 Å². The molecule has 2 fully saturated rings. The van der Waals surface area contributed by atoms with Gasteiger partial charge in [-0.05, 0) is 39.2 Å². The molecule has 31 heavy (non-hydrogen) atoms. The molecule has 0 radical (unpaired) electrons. The number of carbonyl (C=O) groups excluding carboxylic acids is 1. The van der Waals surface area contributed by atoms with Gasteiger partial charge in [-0.3, -0.25) is 9.69 Å². The monoisotopic (exact) mass is 421 g/mol. The molecule has 8 heteroatoms. The van der Waals surface area contributed by atoms with Gasteiger partial charge in [0.15, 0.2) is 0 Å². The molecule has 0 saturated carbocycles. The largest absolute Gasteiger partial charge is 0.419 e. The van der Waals surface area contributed by atoms with Crippen molar-refractivity contribution in [2.75, 3.05) is 13.1 Å². The molecule has 0 spiro atoms. The lowest BCUT2D eigenvalue weighted by Gasteiger charge is -2.34. The van der Waals surface area contributed by atoms with Crippen molar-refractivity contribution < 1.29 is 13.7 Å². The van der Waals surface area contributed by atoms with Gasteiger partial charge >= 0.3 is 0 Å². The molecule has 0 N–H and O–H groups in total. The molecule has 3 aromatic rings. The van der Waals surface area contributed by atoms with E-state index in [0.29, 0.717) is 35.8 Å². The van der Waals surface area contributed by atoms with E-state index in [1.807, 2.05) is 42.2 Å². The Hall–Kier alpha value is -3.00. The van der Waals surface area contributed by atoms with Crippen molar-refractivity contribution in [3.05, 3.63) is 42.0 Å². The van der Waals surface area contributed by atoms with E-state index in [2.05, 4.69) is 20.3 Å². The predicted molar refractivity (Wildman–Crippen MR) is 114 cm³/mol. The van der Waals surface area contributed by atoms with Gasteiger partial charge in [0.2, 0.25) is 11.8 Å². The van der Waals surface area contributed by atoms with Gasteiger partial charge in [-0.1, -0.05) is 35.5 Å². The molecule has 0 unspecified atom stereocenters. The fourth-order valence-electron chi connectivity index (χ4n) is 5.08. The molecule has 0 bridgehead atoms. The highest BCUT2D eigenvalue weighted by Gasteiger charge is 2.39. The Kier molecular flexibility index (Phi) is 5.31. The Labute approximate surface area is 181 Å². The normalized spacial score (nSPS) is 21.8. The number of nitrogens with zero attached hydrogens (tertiary/aromatic N) is 5. The van der Waals surface area contributed by atoms with E-state index >= 15 is 0 Å². The molecule has 2 atom stereocenters. The quantitative estimate of drug-likeness (QED) is 0.621. The molecule has 5 rings (SSSR count). The van der Waals surface area contributed by atoms with Gasteiger partial charge in [0.25, 0.3) is 5.89 Å². The van der Waals surface area contributed by atoms with E-state index in [9.17, 15) is 4.79 Å². The first kappa shape index (κ1) is 19.9. The molecule has 0 aliphatic carbocycles. The number of likely N-dealkylation sites (tertiary alicyclic amines) is 2. The molecule has 8 nitrogen and oxygen atoms in total. The van der Waals surface area contributed by atoms with Crippen molar-refractivity contribution in [3.8, 4) is 22.7 Å². The van der Waals surface area contributed by atoms with Crippen LogP contribution in [0.25, 0.3) is 22.7 Å². The lowest BCUT2D eigenvalue weighted by molar-refractivity contribution is -0.130. The lowest BCUT2D eigenvalue weighted by atomic mass is 10.0. The lowest BCUT2D eigenvalue weighted by Crippen LogP contribution is -2.47. The smallest absolute Gasteiger partial charge is 0.253 e. The van der Waals surface area contributed by atoms with Gasteiger partial charge in [0, 0.05) is 31.1 Å². The van der Waals surface area contributed by atoms with E-state index in [1.54, 1.807) is 6.92 Å². The maximum atomic E-state index is 12.0. The third-order valence-corrected chi connectivity index (χ3v) is 6.49. The topological polar surface area (TPSA) is 88.5 Å². The minimum absolute atomic E-state index is 0.172. The first-order valence-electron chi connectivity index (χ1n) is 11.0. The summed E-state index contributed by atoms with van der Waals surface area (Å²) in [5.74, 6) is 1.82. The second kappa shape index (κ2) is 8.26. The Morgan fingerprint density at radius 1 is 1.10 bits per heavy atom. The fourth-order valence-corrected chi connectivity index (χ4v) is 5.08. The SMILES string of the molecule is CC(=O)N1CCC[C@H]1[C@@H]1CCCN1Cc1nnc(-c2c(-c3ccccc3)noc2C)o1. The maximum absolute atomic E-state index is 12.0. The molecule has 2 aromatic heterocycles. The van der Waals surface area contributed by atoms with Crippen molar-refractivity contribution in [2.45, 2.75) is 58.2 Å². The molecule has 4 heterocycles. The summed E-state index contributed by atoms with van der Waals surface area (Å²) in [4.78, 5) is 16.5. The van der Waals surface area contributed by atoms with Crippen LogP contribution in [0.15, 0.2) is 39.3 Å². The van der Waals surface area contributed by atoms with Gasteiger partial charge in [-0.25, -0.2) is 0 Å². The number of aryl methyl sites for hydroxylation is 1. The molecule has 2 aliphatic heterocycles. The highest BCUT2D eigenvalue weighted by Crippen LogP contribution is 2.34. The van der Waals surface area contributed by atoms with Crippen LogP contribution in [-0.2, 0) is 11.3 Å². The first-order valence-corrected chi connectivity index (χ1v) is 11.0. The Bertz CT molecular complexity index is 1060. The van der Waals surface area contributed by atoms with Crippen LogP contribution in [0.5, 0.6) is 0 Å². The summed E-state index contributed by atoms with van der Waals surface area (Å²) in [5.41, 5.74) is 2.39. The van der Waals surface area contributed by atoms with Gasteiger partial charge in [-0.15, -0.1) is 10.2 Å². The summed E-state index contributed by atoms with van der Waals surface area (Å²) in [6.45, 7) is 5.96. The zero-order chi connectivity index (χ0) is 21.4. The maximum Gasteiger partial charge on any atom is 0.253 e. The standard InChI is InChI=1S/C23H27N5O3/c1-15-21(22(26-31-15)17-8-4-3-5-9-17)23-25-24-20(30-23)14-27-12-6-10-18(27)19-11-7-13-28(19)16(2)29/h3-5,8-9,18-19H,6-7,10-14H2,1-2H3/t18-,19-/m0/s1. The van der Waals surface area contributed by atoms with E-state index in [0.717, 1.165) is 49.9 Å². The minimum Gasteiger partial charge on any atom is -0.419 e. The van der Waals surface area contributed by atoms with Gasteiger partial charge in [0.1, 0.15) is 17.0 Å². The van der Waals surface area contributed by atoms with Crippen LogP contribution < -0.4 is 0 Å². The molecule has 1 aromatic carbocycles. The van der Waals surface area contributed by atoms with Gasteiger partial charge < -0.3 is 13.8 Å². The van der Waals surface area contributed by atoms with Crippen molar-refractivity contribution in [1.82, 2.24) is 25.2 Å². The highest BCUT2D eigenvalue weighted by atomic mass is 16.5. The van der Waals surface area contributed by atoms with Crippen LogP contribution in [0.1, 0.15) is 44.3 Å². The summed E-state index contributed by atoms with van der Waals surface area (Å²) in [6.07, 6.45) is 4.36. The third-order valence-electron chi connectivity index (χ3n) is 6.49. The minimum atomic E-state index is 0.172. The highest BCUT2D eigenvalue weighted by molar-refractivity contribution is 5.77. The van der Waals surface area contributed by atoms with Crippen LogP contribution in [0.2, 0.25) is 0 Å². The van der Waals surface area contributed by atoms with Crippen LogP contribution in [-0.4, -0.2) is 56.2 Å². The van der Waals surface area contributed by atoms with E-state index < -0.39 is 0 Å². The number of hydrogen-bond acceptors (Lipinski definition) is 7. The van der Waals surface area contributed by atoms with Crippen molar-refractivity contribution in [2.24, 2.45) is 0 Å². The molecule has 2 saturated heterocycles. The zero-order valence-electron chi connectivity index (χ0n) is 18.0. The van der Waals surface area contributed by atoms with E-state index in [1.165, 1.54) is 0 Å². The van der Waals surface area contributed by atoms with Gasteiger partial charge in [0.05, 0.1) is 6.54 Å². The van der Waals surface area contributed by atoms with Crippen molar-refractivity contribution in [3.63, 3.8) is 0 Å². The van der Waals surface area contributed by atoms with Crippen LogP contribution in [0, 0.1) is 6.92 Å². The Morgan fingerprint density at radius 2 is 1.87 bits per heavy atom. The predicted octanol–water partition coefficient (Wildman–Crippen LogP) is 3.68. The summed E-state index contributed by atoms with van der Waals surface area (Å²) in [6, 6.07) is 10.5. The summed E-state index contributed by atoms with van der Waals surface area (Å²) < 4.78 is 11.5. The van der Waals surface area contributed by atoms with Crippen LogP contribution in [0.3, 0.4) is 0 Å². The number of rotatable bonds is 5. The number of benzene rings is 1. The number of aromatic nitrogens is 3. The van der Waals surface area contributed by atoms with Crippen LogP contribution in [0.4, 0.5) is 0 Å². The summed E-state index contributed by atoms with van der Waals surface area (Å²) >= 11 is 0. The van der Waals surface area contributed by atoms with Crippen LogP contribution >= 0.6 is 0 Å². The second-order valence-electron chi connectivity index (χ2n) is 8.43. The average Bonchev–Trinajstić information content (AvgIpc) is 3.55. The fraction of sp³-hybridized carbons (Fsp3) is 0.478. The Balaban J connectivity index is 1.36. The molecule has 2 aliphatic rings.